The van der Waals surface area contributed by atoms with E-state index in [1.54, 1.807) is 25.3 Å². The molecule has 0 saturated carbocycles. The van der Waals surface area contributed by atoms with Crippen molar-refractivity contribution >= 4 is 19.9 Å². The first-order valence-corrected chi connectivity index (χ1v) is 8.13. The van der Waals surface area contributed by atoms with Gasteiger partial charge >= 0.3 is 13.8 Å². The van der Waals surface area contributed by atoms with Crippen molar-refractivity contribution in [3.8, 4) is 5.75 Å². The van der Waals surface area contributed by atoms with Crippen molar-refractivity contribution in [3.63, 3.8) is 0 Å². The fraction of sp³-hybridized carbons (Fsp3) is 0.357. The van der Waals surface area contributed by atoms with Crippen LogP contribution in [0.15, 0.2) is 30.3 Å². The second-order valence-corrected chi connectivity index (χ2v) is 5.54. The molecule has 0 spiro atoms. The van der Waals surface area contributed by atoms with Crippen LogP contribution >= 0.6 is 7.82 Å². The standard InChI is InChI=1S/C14H19O7P/c1-19-13-7-4-12(5-8-13)6-9-14(15)20-10-2-3-11-21-22(16,17)18/h4-9H,2-3,10-11H2,1H3,(H2,16,17,18). The molecule has 0 heterocycles. The first-order chi connectivity index (χ1) is 10.4. The molecule has 0 aliphatic rings. The molecule has 0 aliphatic carbocycles. The Morgan fingerprint density at radius 3 is 2.41 bits per heavy atom. The largest absolute Gasteiger partial charge is 0.497 e. The van der Waals surface area contributed by atoms with E-state index in [0.29, 0.717) is 12.8 Å². The Bertz CT molecular complexity index is 533. The number of methoxy groups -OCH3 is 1. The zero-order valence-electron chi connectivity index (χ0n) is 12.2. The average molecular weight is 330 g/mol. The van der Waals surface area contributed by atoms with E-state index in [4.69, 9.17) is 19.3 Å². The Balaban J connectivity index is 2.20. The highest BCUT2D eigenvalue weighted by atomic mass is 31.2. The molecule has 1 aromatic carbocycles. The number of hydrogen-bond donors (Lipinski definition) is 2. The van der Waals surface area contributed by atoms with Crippen molar-refractivity contribution in [2.45, 2.75) is 12.8 Å². The lowest BCUT2D eigenvalue weighted by Crippen LogP contribution is -2.03. The van der Waals surface area contributed by atoms with Gasteiger partial charge < -0.3 is 19.3 Å². The summed E-state index contributed by atoms with van der Waals surface area (Å²) in [5, 5.41) is 0. The van der Waals surface area contributed by atoms with E-state index in [-0.39, 0.29) is 13.2 Å². The Morgan fingerprint density at radius 1 is 1.18 bits per heavy atom. The summed E-state index contributed by atoms with van der Waals surface area (Å²) in [5.41, 5.74) is 0.841. The number of unbranched alkanes of at least 4 members (excludes halogenated alkanes) is 1. The molecule has 0 aliphatic heterocycles. The molecule has 1 rings (SSSR count). The molecule has 0 unspecified atom stereocenters. The number of rotatable bonds is 9. The lowest BCUT2D eigenvalue weighted by molar-refractivity contribution is -0.137. The number of ether oxygens (including phenoxy) is 2. The van der Waals surface area contributed by atoms with Gasteiger partial charge in [-0.1, -0.05) is 12.1 Å². The number of hydrogen-bond acceptors (Lipinski definition) is 5. The third-order valence-electron chi connectivity index (χ3n) is 2.57. The minimum Gasteiger partial charge on any atom is -0.497 e. The van der Waals surface area contributed by atoms with Gasteiger partial charge in [0.1, 0.15) is 5.75 Å². The fourth-order valence-corrected chi connectivity index (χ4v) is 1.85. The van der Waals surface area contributed by atoms with Crippen LogP contribution in [-0.4, -0.2) is 36.1 Å². The first-order valence-electron chi connectivity index (χ1n) is 6.60. The zero-order valence-corrected chi connectivity index (χ0v) is 13.1. The SMILES string of the molecule is COc1ccc(C=CC(=O)OCCCCOP(=O)(O)O)cc1. The first kappa shape index (κ1) is 18.4. The van der Waals surface area contributed by atoms with Gasteiger partial charge in [-0.15, -0.1) is 0 Å². The average Bonchev–Trinajstić information content (AvgIpc) is 2.48. The van der Waals surface area contributed by atoms with Crippen LogP contribution in [0.3, 0.4) is 0 Å². The third-order valence-corrected chi connectivity index (χ3v) is 3.09. The van der Waals surface area contributed by atoms with Crippen LogP contribution in [0.2, 0.25) is 0 Å². The van der Waals surface area contributed by atoms with Crippen molar-refractivity contribution in [2.24, 2.45) is 0 Å². The zero-order chi connectivity index (χ0) is 16.4. The van der Waals surface area contributed by atoms with Gasteiger partial charge in [0.2, 0.25) is 0 Å². The minimum atomic E-state index is -4.41. The third kappa shape index (κ3) is 8.59. The molecule has 0 fully saturated rings. The molecular formula is C14H19O7P. The molecule has 8 heteroatoms. The summed E-state index contributed by atoms with van der Waals surface area (Å²) in [6, 6.07) is 7.18. The van der Waals surface area contributed by atoms with E-state index in [1.807, 2.05) is 12.1 Å². The number of carbonyl (C=O) groups is 1. The van der Waals surface area contributed by atoms with Crippen LogP contribution in [0.25, 0.3) is 6.08 Å². The highest BCUT2D eigenvalue weighted by Crippen LogP contribution is 2.35. The summed E-state index contributed by atoms with van der Waals surface area (Å²) in [4.78, 5) is 28.4. The van der Waals surface area contributed by atoms with Gasteiger partial charge in [-0.3, -0.25) is 4.52 Å². The molecule has 0 aromatic heterocycles. The van der Waals surface area contributed by atoms with Crippen LogP contribution in [0.4, 0.5) is 0 Å². The summed E-state index contributed by atoms with van der Waals surface area (Å²) in [5.74, 6) is 0.254. The van der Waals surface area contributed by atoms with Crippen molar-refractivity contribution in [2.75, 3.05) is 20.3 Å². The van der Waals surface area contributed by atoms with Gasteiger partial charge in [0.05, 0.1) is 20.3 Å². The topological polar surface area (TPSA) is 102 Å². The highest BCUT2D eigenvalue weighted by molar-refractivity contribution is 7.46. The van der Waals surface area contributed by atoms with Gasteiger partial charge in [-0.25, -0.2) is 9.36 Å². The van der Waals surface area contributed by atoms with Crippen molar-refractivity contribution in [3.05, 3.63) is 35.9 Å². The Hall–Kier alpha value is -1.66. The van der Waals surface area contributed by atoms with E-state index < -0.39 is 13.8 Å². The van der Waals surface area contributed by atoms with Crippen molar-refractivity contribution in [1.29, 1.82) is 0 Å². The van der Waals surface area contributed by atoms with E-state index in [2.05, 4.69) is 4.52 Å². The van der Waals surface area contributed by atoms with Gasteiger partial charge in [0, 0.05) is 6.08 Å². The normalized spacial score (nSPS) is 11.6. The van der Waals surface area contributed by atoms with Crippen LogP contribution in [0, 0.1) is 0 Å². The molecular weight excluding hydrogens is 311 g/mol. The van der Waals surface area contributed by atoms with Crippen LogP contribution in [0.1, 0.15) is 18.4 Å². The van der Waals surface area contributed by atoms with E-state index >= 15 is 0 Å². The van der Waals surface area contributed by atoms with Crippen molar-refractivity contribution < 1.29 is 33.1 Å². The predicted molar refractivity (Wildman–Crippen MR) is 80.2 cm³/mol. The Labute approximate surface area is 128 Å². The molecule has 0 atom stereocenters. The minimum absolute atomic E-state index is 0.0798. The van der Waals surface area contributed by atoms with Crippen LogP contribution in [0.5, 0.6) is 5.75 Å². The molecule has 22 heavy (non-hydrogen) atoms. The van der Waals surface area contributed by atoms with Crippen molar-refractivity contribution in [1.82, 2.24) is 0 Å². The van der Waals surface area contributed by atoms with Gasteiger partial charge in [-0.2, -0.15) is 0 Å². The lowest BCUT2D eigenvalue weighted by atomic mass is 10.2. The number of esters is 1. The second-order valence-electron chi connectivity index (χ2n) is 4.30. The smallest absolute Gasteiger partial charge is 0.469 e. The number of phosphoric acid groups is 1. The lowest BCUT2D eigenvalue weighted by Gasteiger charge is -2.05. The fourth-order valence-electron chi connectivity index (χ4n) is 1.49. The summed E-state index contributed by atoms with van der Waals surface area (Å²) >= 11 is 0. The molecule has 2 N–H and O–H groups in total. The highest BCUT2D eigenvalue weighted by Gasteiger charge is 2.12. The van der Waals surface area contributed by atoms with E-state index in [0.717, 1.165) is 11.3 Å². The summed E-state index contributed by atoms with van der Waals surface area (Å²) in [6.07, 6.45) is 3.79. The molecule has 0 bridgehead atoms. The summed E-state index contributed by atoms with van der Waals surface area (Å²) in [6.45, 7) is 0.0832. The van der Waals surface area contributed by atoms with Crippen LogP contribution < -0.4 is 4.74 Å². The molecule has 122 valence electrons. The Kier molecular flexibility index (Phi) is 7.84. The molecule has 0 radical (unpaired) electrons. The van der Waals surface area contributed by atoms with E-state index in [1.165, 1.54) is 6.08 Å². The van der Waals surface area contributed by atoms with Gasteiger partial charge in [0.25, 0.3) is 0 Å². The summed E-state index contributed by atoms with van der Waals surface area (Å²) in [7, 11) is -2.84. The Morgan fingerprint density at radius 2 is 1.82 bits per heavy atom. The number of carbonyl (C=O) groups excluding carboxylic acids is 1. The van der Waals surface area contributed by atoms with Gasteiger partial charge in [-0.05, 0) is 36.6 Å². The second kappa shape index (κ2) is 9.38. The van der Waals surface area contributed by atoms with E-state index in [9.17, 15) is 9.36 Å². The number of phosphoric ester groups is 1. The summed E-state index contributed by atoms with van der Waals surface area (Å²) < 4.78 is 24.6. The predicted octanol–water partition coefficient (Wildman–Crippen LogP) is 2.14. The van der Waals surface area contributed by atoms with Crippen LogP contribution in [-0.2, 0) is 18.6 Å². The molecule has 1 aromatic rings. The van der Waals surface area contributed by atoms with Gasteiger partial charge in [0.15, 0.2) is 0 Å². The quantitative estimate of drug-likeness (QED) is 0.309. The maximum atomic E-state index is 11.4. The maximum Gasteiger partial charge on any atom is 0.469 e. The number of benzene rings is 1. The monoisotopic (exact) mass is 330 g/mol. The molecule has 0 amide bonds. The molecule has 7 nitrogen and oxygen atoms in total. The maximum absolute atomic E-state index is 11.4. The molecule has 0 saturated heterocycles.